The molecule has 180 valence electrons. The van der Waals surface area contributed by atoms with Gasteiger partial charge in [0.1, 0.15) is 0 Å². The first-order valence-corrected chi connectivity index (χ1v) is 12.0. The molecule has 2 fully saturated rings. The number of benzene rings is 1. The lowest BCUT2D eigenvalue weighted by molar-refractivity contribution is -0.137. The predicted octanol–water partition coefficient (Wildman–Crippen LogP) is 3.63. The molecule has 1 aliphatic heterocycles. The van der Waals surface area contributed by atoms with Crippen LogP contribution in [0.25, 0.3) is 0 Å². The molecule has 1 amide bonds. The summed E-state index contributed by atoms with van der Waals surface area (Å²) < 4.78 is 46.6. The number of amides is 1. The highest BCUT2D eigenvalue weighted by atomic mass is 32.2. The minimum absolute atomic E-state index is 0.0567. The summed E-state index contributed by atoms with van der Waals surface area (Å²) >= 11 is 1.11. The van der Waals surface area contributed by atoms with E-state index in [1.807, 2.05) is 4.90 Å². The van der Waals surface area contributed by atoms with Crippen LogP contribution in [0.3, 0.4) is 0 Å². The fourth-order valence-corrected chi connectivity index (χ4v) is 4.90. The molecule has 1 aromatic carbocycles. The Hall–Kier alpha value is -2.47. The number of nitrogens with two attached hydrogens (primary N) is 1. The zero-order valence-electron chi connectivity index (χ0n) is 18.1. The molecule has 33 heavy (non-hydrogen) atoms. The quantitative estimate of drug-likeness (QED) is 0.477. The number of anilines is 2. The SMILES string of the molecule is Nn1c(SCC(=O)Nc2cc(C(F)(F)F)ccc2N2CCOCC2)nnc1C1CCCCC1. The first-order valence-electron chi connectivity index (χ1n) is 11.0. The van der Waals surface area contributed by atoms with E-state index in [1.54, 1.807) is 0 Å². The van der Waals surface area contributed by atoms with Gasteiger partial charge in [0, 0.05) is 19.0 Å². The van der Waals surface area contributed by atoms with Gasteiger partial charge < -0.3 is 20.8 Å². The van der Waals surface area contributed by atoms with E-state index in [2.05, 4.69) is 15.5 Å². The lowest BCUT2D eigenvalue weighted by Gasteiger charge is -2.31. The highest BCUT2D eigenvalue weighted by molar-refractivity contribution is 7.99. The Bertz CT molecular complexity index is 971. The van der Waals surface area contributed by atoms with Gasteiger partial charge in [-0.05, 0) is 31.0 Å². The number of thioether (sulfide) groups is 1. The van der Waals surface area contributed by atoms with Crippen molar-refractivity contribution in [3.05, 3.63) is 29.6 Å². The molecule has 1 saturated heterocycles. The Balaban J connectivity index is 1.45. The third-order valence-corrected chi connectivity index (χ3v) is 6.89. The number of rotatable bonds is 6. The van der Waals surface area contributed by atoms with Crippen molar-refractivity contribution in [2.24, 2.45) is 0 Å². The maximum Gasteiger partial charge on any atom is 0.416 e. The highest BCUT2D eigenvalue weighted by Crippen LogP contribution is 2.36. The Labute approximate surface area is 194 Å². The molecule has 0 radical (unpaired) electrons. The van der Waals surface area contributed by atoms with Crippen LogP contribution in [0, 0.1) is 0 Å². The highest BCUT2D eigenvalue weighted by Gasteiger charge is 2.32. The zero-order valence-corrected chi connectivity index (χ0v) is 18.9. The van der Waals surface area contributed by atoms with Crippen LogP contribution < -0.4 is 16.1 Å². The van der Waals surface area contributed by atoms with E-state index in [9.17, 15) is 18.0 Å². The largest absolute Gasteiger partial charge is 0.416 e. The van der Waals surface area contributed by atoms with Crippen molar-refractivity contribution in [1.29, 1.82) is 0 Å². The number of carbonyl (C=O) groups excluding carboxylic acids is 1. The van der Waals surface area contributed by atoms with Crippen LogP contribution in [0.2, 0.25) is 0 Å². The summed E-state index contributed by atoms with van der Waals surface area (Å²) in [4.78, 5) is 14.5. The van der Waals surface area contributed by atoms with Crippen LogP contribution in [0.5, 0.6) is 0 Å². The van der Waals surface area contributed by atoms with Crippen LogP contribution in [0.4, 0.5) is 24.5 Å². The van der Waals surface area contributed by atoms with Gasteiger partial charge in [-0.2, -0.15) is 13.2 Å². The molecule has 1 aliphatic carbocycles. The number of nitrogens with zero attached hydrogens (tertiary/aromatic N) is 4. The molecule has 12 heteroatoms. The van der Waals surface area contributed by atoms with Crippen LogP contribution in [0.1, 0.15) is 49.4 Å². The molecule has 2 heterocycles. The number of carbonyl (C=O) groups is 1. The molecular formula is C21H27F3N6O2S. The number of morpholine rings is 1. The molecule has 4 rings (SSSR count). The fraction of sp³-hybridized carbons (Fsp3) is 0.571. The van der Waals surface area contributed by atoms with E-state index < -0.39 is 17.6 Å². The van der Waals surface area contributed by atoms with Gasteiger partial charge in [0.2, 0.25) is 11.1 Å². The minimum Gasteiger partial charge on any atom is -0.378 e. The topological polar surface area (TPSA) is 98.3 Å². The average Bonchev–Trinajstić information content (AvgIpc) is 3.18. The summed E-state index contributed by atoms with van der Waals surface area (Å²) in [6, 6.07) is 3.39. The van der Waals surface area contributed by atoms with Crippen LogP contribution in [-0.2, 0) is 15.7 Å². The molecule has 2 aromatic rings. The van der Waals surface area contributed by atoms with Gasteiger partial charge in [0.25, 0.3) is 0 Å². The number of halogens is 3. The Morgan fingerprint density at radius 1 is 1.18 bits per heavy atom. The molecule has 8 nitrogen and oxygen atoms in total. The van der Waals surface area contributed by atoms with Crippen molar-refractivity contribution in [1.82, 2.24) is 14.9 Å². The fourth-order valence-electron chi connectivity index (χ4n) is 4.23. The monoisotopic (exact) mass is 484 g/mol. The van der Waals surface area contributed by atoms with Gasteiger partial charge in [0.15, 0.2) is 5.82 Å². The van der Waals surface area contributed by atoms with Gasteiger partial charge in [0.05, 0.1) is 35.9 Å². The van der Waals surface area contributed by atoms with Gasteiger partial charge in [-0.1, -0.05) is 31.0 Å². The summed E-state index contributed by atoms with van der Waals surface area (Å²) in [7, 11) is 0. The molecule has 0 atom stereocenters. The lowest BCUT2D eigenvalue weighted by Crippen LogP contribution is -2.37. The smallest absolute Gasteiger partial charge is 0.378 e. The number of hydrogen-bond acceptors (Lipinski definition) is 7. The second-order valence-electron chi connectivity index (χ2n) is 8.21. The van der Waals surface area contributed by atoms with Gasteiger partial charge in [-0.25, -0.2) is 4.68 Å². The maximum atomic E-state index is 13.3. The number of nitrogens with one attached hydrogen (secondary N) is 1. The van der Waals surface area contributed by atoms with Gasteiger partial charge >= 0.3 is 6.18 Å². The summed E-state index contributed by atoms with van der Waals surface area (Å²) in [5.41, 5.74) is -0.165. The molecule has 0 bridgehead atoms. The third kappa shape index (κ3) is 5.72. The van der Waals surface area contributed by atoms with Crippen LogP contribution in [-0.4, -0.2) is 52.8 Å². The maximum absolute atomic E-state index is 13.3. The standard InChI is InChI=1S/C21H27F3N6O2S/c22-21(23,24)15-6-7-17(29-8-10-32-11-9-29)16(12-15)26-18(31)13-33-20-28-27-19(30(20)25)14-4-2-1-3-5-14/h6-7,12,14H,1-5,8-11,13,25H2,(H,26,31). The van der Waals surface area contributed by atoms with Crippen molar-refractivity contribution in [2.75, 3.05) is 48.1 Å². The molecule has 1 saturated carbocycles. The van der Waals surface area contributed by atoms with Gasteiger partial charge in [-0.3, -0.25) is 4.79 Å². The molecule has 2 aliphatic rings. The predicted molar refractivity (Wildman–Crippen MR) is 120 cm³/mol. The third-order valence-electron chi connectivity index (χ3n) is 5.94. The van der Waals surface area contributed by atoms with E-state index in [0.29, 0.717) is 43.0 Å². The summed E-state index contributed by atoms with van der Waals surface area (Å²) in [6.07, 6.45) is 0.985. The van der Waals surface area contributed by atoms with E-state index in [0.717, 1.165) is 49.6 Å². The first-order chi connectivity index (χ1) is 15.8. The summed E-state index contributed by atoms with van der Waals surface area (Å²) in [5.74, 6) is 6.63. The van der Waals surface area contributed by atoms with Crippen molar-refractivity contribution < 1.29 is 22.7 Å². The van der Waals surface area contributed by atoms with Gasteiger partial charge in [-0.15, -0.1) is 10.2 Å². The molecule has 3 N–H and O–H groups in total. The van der Waals surface area contributed by atoms with Crippen molar-refractivity contribution in [3.8, 4) is 0 Å². The van der Waals surface area contributed by atoms with Crippen LogP contribution in [0.15, 0.2) is 23.4 Å². The second kappa shape index (κ2) is 10.2. The number of aromatic nitrogens is 3. The van der Waals surface area contributed by atoms with Crippen LogP contribution >= 0.6 is 11.8 Å². The Kier molecular flexibility index (Phi) is 7.32. The van der Waals surface area contributed by atoms with E-state index in [-0.39, 0.29) is 17.4 Å². The zero-order chi connectivity index (χ0) is 23.4. The van der Waals surface area contributed by atoms with Crippen molar-refractivity contribution >= 4 is 29.0 Å². The average molecular weight is 485 g/mol. The Morgan fingerprint density at radius 2 is 1.91 bits per heavy atom. The molecule has 0 unspecified atom stereocenters. The molecule has 0 spiro atoms. The minimum atomic E-state index is -4.51. The van der Waals surface area contributed by atoms with E-state index in [4.69, 9.17) is 10.6 Å². The second-order valence-corrected chi connectivity index (χ2v) is 9.15. The lowest BCUT2D eigenvalue weighted by atomic mass is 9.89. The summed E-state index contributed by atoms with van der Waals surface area (Å²) in [6.45, 7) is 2.01. The normalized spacial score (nSPS) is 17.8. The van der Waals surface area contributed by atoms with E-state index in [1.165, 1.54) is 17.2 Å². The molecule has 1 aromatic heterocycles. The Morgan fingerprint density at radius 3 is 2.61 bits per heavy atom. The number of ether oxygens (including phenoxy) is 1. The number of nitrogen functional groups attached to an aromatic ring is 1. The number of hydrogen-bond donors (Lipinski definition) is 2. The van der Waals surface area contributed by atoms with E-state index >= 15 is 0 Å². The first kappa shape index (κ1) is 23.7. The summed E-state index contributed by atoms with van der Waals surface area (Å²) in [5, 5.41) is 11.4. The number of alkyl halides is 3. The van der Waals surface area contributed by atoms with Crippen molar-refractivity contribution in [2.45, 2.75) is 49.4 Å². The molecular weight excluding hydrogens is 457 g/mol. The van der Waals surface area contributed by atoms with Crippen molar-refractivity contribution in [3.63, 3.8) is 0 Å².